The number of carbonyl (C=O) groups excluding carboxylic acids is 1. The van der Waals surface area contributed by atoms with E-state index in [9.17, 15) is 28.1 Å². The molecule has 4 aromatic carbocycles. The summed E-state index contributed by atoms with van der Waals surface area (Å²) in [4.78, 5) is 23.9. The smallest absolute Gasteiger partial charge is 0.319 e. The number of nitro groups is 1. The molecule has 218 valence electrons. The van der Waals surface area contributed by atoms with Gasteiger partial charge in [0.1, 0.15) is 17.5 Å². The first-order chi connectivity index (χ1) is 20.8. The van der Waals surface area contributed by atoms with Gasteiger partial charge in [-0.15, -0.1) is 10.2 Å². The second kappa shape index (κ2) is 13.2. The molecule has 0 saturated carbocycles. The molecule has 13 heteroatoms. The molecular formula is C30H23F3N6O3S. The predicted octanol–water partition coefficient (Wildman–Crippen LogP) is 6.99. The number of nitrogens with one attached hydrogen (secondary N) is 2. The molecule has 0 spiro atoms. The maximum atomic E-state index is 14.3. The summed E-state index contributed by atoms with van der Waals surface area (Å²) < 4.78 is 42.7. The van der Waals surface area contributed by atoms with Gasteiger partial charge in [-0.3, -0.25) is 14.7 Å². The third-order valence-electron chi connectivity index (χ3n) is 6.34. The van der Waals surface area contributed by atoms with E-state index in [1.807, 2.05) is 30.3 Å². The van der Waals surface area contributed by atoms with E-state index in [1.54, 1.807) is 28.8 Å². The van der Waals surface area contributed by atoms with Gasteiger partial charge in [-0.2, -0.15) is 0 Å². The lowest BCUT2D eigenvalue weighted by Gasteiger charge is -2.20. The first-order valence-electron chi connectivity index (χ1n) is 12.9. The van der Waals surface area contributed by atoms with Gasteiger partial charge in [-0.1, -0.05) is 54.2 Å². The third kappa shape index (κ3) is 7.38. The number of non-ortho nitro benzene ring substituents is 1. The van der Waals surface area contributed by atoms with Crippen molar-refractivity contribution >= 4 is 29.2 Å². The van der Waals surface area contributed by atoms with Crippen LogP contribution in [0.3, 0.4) is 0 Å². The molecule has 9 nitrogen and oxygen atoms in total. The fourth-order valence-corrected chi connectivity index (χ4v) is 5.17. The number of aromatic nitrogens is 3. The van der Waals surface area contributed by atoms with E-state index in [0.29, 0.717) is 28.5 Å². The highest BCUT2D eigenvalue weighted by molar-refractivity contribution is 7.98. The molecule has 1 aromatic heterocycles. The third-order valence-corrected chi connectivity index (χ3v) is 7.34. The van der Waals surface area contributed by atoms with Gasteiger partial charge < -0.3 is 10.6 Å². The highest BCUT2D eigenvalue weighted by Gasteiger charge is 2.26. The number of hydrogen-bond donors (Lipinski definition) is 2. The molecule has 1 atom stereocenters. The number of thioether (sulfide) groups is 1. The van der Waals surface area contributed by atoms with Crippen molar-refractivity contribution in [3.05, 3.63) is 142 Å². The largest absolute Gasteiger partial charge is 0.327 e. The molecule has 43 heavy (non-hydrogen) atoms. The monoisotopic (exact) mass is 604 g/mol. The molecule has 0 radical (unpaired) electrons. The van der Waals surface area contributed by atoms with Gasteiger partial charge in [0.15, 0.2) is 11.0 Å². The Bertz CT molecular complexity index is 1740. The van der Waals surface area contributed by atoms with Gasteiger partial charge in [-0.05, 0) is 47.5 Å². The summed E-state index contributed by atoms with van der Waals surface area (Å²) in [6.07, 6.45) is 0.258. The fourth-order valence-electron chi connectivity index (χ4n) is 4.26. The number of halogens is 3. The van der Waals surface area contributed by atoms with E-state index in [-0.39, 0.29) is 23.6 Å². The van der Waals surface area contributed by atoms with Crippen molar-refractivity contribution in [1.29, 1.82) is 0 Å². The Hall–Kier alpha value is -5.17. The van der Waals surface area contributed by atoms with Crippen LogP contribution in [0.5, 0.6) is 0 Å². The van der Waals surface area contributed by atoms with Crippen molar-refractivity contribution in [2.45, 2.75) is 23.4 Å². The van der Waals surface area contributed by atoms with Crippen LogP contribution >= 0.6 is 11.8 Å². The Morgan fingerprint density at radius 2 is 1.58 bits per heavy atom. The van der Waals surface area contributed by atoms with Crippen LogP contribution < -0.4 is 10.6 Å². The minimum atomic E-state index is -0.941. The van der Waals surface area contributed by atoms with Crippen LogP contribution in [-0.2, 0) is 12.2 Å². The number of nitro benzene ring substituents is 1. The zero-order valence-corrected chi connectivity index (χ0v) is 23.1. The number of rotatable bonds is 10. The van der Waals surface area contributed by atoms with Gasteiger partial charge >= 0.3 is 6.03 Å². The van der Waals surface area contributed by atoms with E-state index in [0.717, 1.165) is 23.3 Å². The topological polar surface area (TPSA) is 115 Å². The second-order valence-electron chi connectivity index (χ2n) is 9.33. The predicted molar refractivity (Wildman–Crippen MR) is 155 cm³/mol. The SMILES string of the molecule is O=C(Nc1ccc(F)cc1F)NC(Cc1ccccc1)c1nnc(SCc2ccc(F)cc2)n1-c1ccc([N+](=O)[O-])cc1. The lowest BCUT2D eigenvalue weighted by atomic mass is 10.1. The molecule has 0 bridgehead atoms. The number of carbonyl (C=O) groups is 1. The maximum Gasteiger partial charge on any atom is 0.319 e. The van der Waals surface area contributed by atoms with E-state index in [1.165, 1.54) is 36.0 Å². The van der Waals surface area contributed by atoms with E-state index < -0.39 is 28.6 Å². The zero-order valence-electron chi connectivity index (χ0n) is 22.3. The van der Waals surface area contributed by atoms with Crippen LogP contribution in [0.4, 0.5) is 29.3 Å². The lowest BCUT2D eigenvalue weighted by molar-refractivity contribution is -0.384. The highest BCUT2D eigenvalue weighted by Crippen LogP contribution is 2.30. The second-order valence-corrected chi connectivity index (χ2v) is 10.3. The average molecular weight is 605 g/mol. The fraction of sp³-hybridized carbons (Fsp3) is 0.100. The highest BCUT2D eigenvalue weighted by atomic mass is 32.2. The van der Waals surface area contributed by atoms with Crippen LogP contribution in [-0.4, -0.2) is 25.7 Å². The molecule has 2 amide bonds. The maximum absolute atomic E-state index is 14.3. The first-order valence-corrected chi connectivity index (χ1v) is 13.9. The molecule has 5 rings (SSSR count). The molecule has 1 heterocycles. The van der Waals surface area contributed by atoms with Gasteiger partial charge in [-0.25, -0.2) is 18.0 Å². The first kappa shape index (κ1) is 29.3. The number of anilines is 1. The van der Waals surface area contributed by atoms with E-state index in [4.69, 9.17) is 0 Å². The van der Waals surface area contributed by atoms with Crippen molar-refractivity contribution in [2.24, 2.45) is 0 Å². The summed E-state index contributed by atoms with van der Waals surface area (Å²) in [5.41, 5.74) is 1.84. The number of nitrogens with zero attached hydrogens (tertiary/aromatic N) is 4. The number of hydrogen-bond acceptors (Lipinski definition) is 6. The van der Waals surface area contributed by atoms with Gasteiger partial charge in [0.2, 0.25) is 0 Å². The molecule has 0 aliphatic heterocycles. The molecular weight excluding hydrogens is 581 g/mol. The van der Waals surface area contributed by atoms with E-state index in [2.05, 4.69) is 20.8 Å². The summed E-state index contributed by atoms with van der Waals surface area (Å²) in [5, 5.41) is 25.7. The van der Waals surface area contributed by atoms with Crippen molar-refractivity contribution in [1.82, 2.24) is 20.1 Å². The molecule has 0 aliphatic rings. The van der Waals surface area contributed by atoms with Crippen molar-refractivity contribution in [2.75, 3.05) is 5.32 Å². The van der Waals surface area contributed by atoms with Gasteiger partial charge in [0.25, 0.3) is 5.69 Å². The van der Waals surface area contributed by atoms with Crippen LogP contribution in [0, 0.1) is 27.6 Å². The molecule has 2 N–H and O–H groups in total. The van der Waals surface area contributed by atoms with Crippen molar-refractivity contribution in [3.8, 4) is 5.69 Å². The van der Waals surface area contributed by atoms with Crippen LogP contribution in [0.25, 0.3) is 5.69 Å². The zero-order chi connectivity index (χ0) is 30.3. The molecule has 5 aromatic rings. The number of benzene rings is 4. The Kier molecular flexibility index (Phi) is 9.01. The summed E-state index contributed by atoms with van der Waals surface area (Å²) in [7, 11) is 0. The normalized spacial score (nSPS) is 11.6. The Balaban J connectivity index is 1.51. The van der Waals surface area contributed by atoms with Crippen molar-refractivity contribution < 1.29 is 22.9 Å². The van der Waals surface area contributed by atoms with Gasteiger partial charge in [0.05, 0.1) is 16.7 Å². The van der Waals surface area contributed by atoms with Crippen LogP contribution in [0.15, 0.2) is 102 Å². The summed E-state index contributed by atoms with van der Waals surface area (Å²) in [6.45, 7) is 0. The lowest BCUT2D eigenvalue weighted by Crippen LogP contribution is -2.35. The molecule has 0 aliphatic carbocycles. The minimum Gasteiger partial charge on any atom is -0.327 e. The van der Waals surface area contributed by atoms with Gasteiger partial charge in [0, 0.05) is 36.1 Å². The van der Waals surface area contributed by atoms with Crippen molar-refractivity contribution in [3.63, 3.8) is 0 Å². The van der Waals surface area contributed by atoms with Crippen LogP contribution in [0.1, 0.15) is 23.0 Å². The summed E-state index contributed by atoms with van der Waals surface area (Å²) in [6, 6.07) is 22.2. The Morgan fingerprint density at radius 3 is 2.26 bits per heavy atom. The number of amides is 2. The summed E-state index contributed by atoms with van der Waals surface area (Å²) >= 11 is 1.30. The Morgan fingerprint density at radius 1 is 0.884 bits per heavy atom. The quantitative estimate of drug-likeness (QED) is 0.101. The summed E-state index contributed by atoms with van der Waals surface area (Å²) in [5.74, 6) is -1.38. The number of urea groups is 1. The van der Waals surface area contributed by atoms with E-state index >= 15 is 0 Å². The van der Waals surface area contributed by atoms with Crippen LogP contribution in [0.2, 0.25) is 0 Å². The standard InChI is InChI=1S/C30H23F3N6O3S/c31-21-8-6-20(7-9-21)18-43-30-37-36-28(38(30)23-11-13-24(14-12-23)39(41)42)27(16-19-4-2-1-3-5-19)35-29(40)34-26-15-10-22(32)17-25(26)33/h1-15,17,27H,16,18H2,(H2,34,35,40). The minimum absolute atomic E-state index is 0.112. The Labute approximate surface area is 247 Å². The molecule has 1 unspecified atom stereocenters. The molecule has 0 fully saturated rings. The average Bonchev–Trinajstić information content (AvgIpc) is 3.42. The molecule has 0 saturated heterocycles.